The molecule has 1 aromatic heterocycles. The fraction of sp³-hybridized carbons (Fsp3) is 0.611. The van der Waals surface area contributed by atoms with Gasteiger partial charge in [0.25, 0.3) is 0 Å². The van der Waals surface area contributed by atoms with Gasteiger partial charge in [0.05, 0.1) is 5.69 Å². The van der Waals surface area contributed by atoms with E-state index >= 15 is 0 Å². The molecule has 3 rings (SSSR count). The highest BCUT2D eigenvalue weighted by Gasteiger charge is 2.20. The van der Waals surface area contributed by atoms with Gasteiger partial charge >= 0.3 is 0 Å². The Labute approximate surface area is 128 Å². The Hall–Kier alpha value is -1.51. The molecule has 0 radical (unpaired) electrons. The van der Waals surface area contributed by atoms with E-state index in [2.05, 4.69) is 41.2 Å². The fourth-order valence-corrected chi connectivity index (χ4v) is 3.81. The maximum Gasteiger partial charge on any atom is 0.151 e. The van der Waals surface area contributed by atoms with Crippen molar-refractivity contribution >= 4 is 11.5 Å². The highest BCUT2D eigenvalue weighted by molar-refractivity contribution is 5.65. The minimum absolute atomic E-state index is 0.720. The summed E-state index contributed by atoms with van der Waals surface area (Å²) in [7, 11) is 0. The van der Waals surface area contributed by atoms with Crippen LogP contribution in [0.15, 0.2) is 30.0 Å². The molecule has 1 N–H and O–H groups in total. The highest BCUT2D eigenvalue weighted by atomic mass is 15.2. The van der Waals surface area contributed by atoms with Crippen LogP contribution in [-0.2, 0) is 0 Å². The Balaban J connectivity index is 1.64. The van der Waals surface area contributed by atoms with Gasteiger partial charge in [0.2, 0.25) is 0 Å². The predicted octanol–water partition coefficient (Wildman–Crippen LogP) is 4.09. The van der Waals surface area contributed by atoms with Crippen LogP contribution in [0.3, 0.4) is 0 Å². The lowest BCUT2D eigenvalue weighted by atomic mass is 9.84. The second-order valence-electron chi connectivity index (χ2n) is 6.75. The number of hydrogen-bond acceptors (Lipinski definition) is 3. The number of pyridine rings is 1. The van der Waals surface area contributed by atoms with E-state index < -0.39 is 0 Å². The van der Waals surface area contributed by atoms with E-state index in [1.807, 2.05) is 12.3 Å². The van der Waals surface area contributed by atoms with Gasteiger partial charge in [-0.2, -0.15) is 0 Å². The van der Waals surface area contributed by atoms with Gasteiger partial charge < -0.3 is 10.2 Å². The Morgan fingerprint density at radius 3 is 2.90 bits per heavy atom. The summed E-state index contributed by atoms with van der Waals surface area (Å²) in [5, 5.41) is 3.67. The lowest BCUT2D eigenvalue weighted by molar-refractivity contribution is 0.421. The first-order valence-corrected chi connectivity index (χ1v) is 8.33. The van der Waals surface area contributed by atoms with Crippen molar-refractivity contribution in [3.8, 4) is 0 Å². The molecule has 3 nitrogen and oxygen atoms in total. The highest BCUT2D eigenvalue weighted by Crippen LogP contribution is 2.30. The van der Waals surface area contributed by atoms with Crippen LogP contribution in [0.25, 0.3) is 0 Å². The third kappa shape index (κ3) is 3.58. The molecule has 1 fully saturated rings. The number of allylic oxidation sites excluding steroid dienone is 2. The lowest BCUT2D eigenvalue weighted by Gasteiger charge is -2.27. The summed E-state index contributed by atoms with van der Waals surface area (Å²) in [6.45, 7) is 7.95. The van der Waals surface area contributed by atoms with E-state index in [-0.39, 0.29) is 0 Å². The zero-order chi connectivity index (χ0) is 14.7. The predicted molar refractivity (Wildman–Crippen MR) is 89.8 cm³/mol. The Kier molecular flexibility index (Phi) is 4.47. The van der Waals surface area contributed by atoms with Crippen LogP contribution in [0.4, 0.5) is 11.5 Å². The van der Waals surface area contributed by atoms with E-state index in [4.69, 9.17) is 0 Å². The van der Waals surface area contributed by atoms with Gasteiger partial charge in [0, 0.05) is 25.8 Å². The van der Waals surface area contributed by atoms with Crippen molar-refractivity contribution in [1.82, 2.24) is 4.98 Å². The maximum atomic E-state index is 4.61. The summed E-state index contributed by atoms with van der Waals surface area (Å²) in [6, 6.07) is 4.21. The molecule has 0 bridgehead atoms. The van der Waals surface area contributed by atoms with E-state index in [1.54, 1.807) is 5.57 Å². The second kappa shape index (κ2) is 6.50. The third-order valence-corrected chi connectivity index (χ3v) is 4.66. The van der Waals surface area contributed by atoms with Crippen molar-refractivity contribution in [2.24, 2.45) is 11.8 Å². The number of rotatable bonds is 4. The summed E-state index contributed by atoms with van der Waals surface area (Å²) in [5.74, 6) is 2.61. The van der Waals surface area contributed by atoms with Gasteiger partial charge in [0.1, 0.15) is 0 Å². The summed E-state index contributed by atoms with van der Waals surface area (Å²) >= 11 is 0. The zero-order valence-electron chi connectivity index (χ0n) is 13.3. The number of nitrogens with one attached hydrogen (secondary N) is 1. The number of aromatic nitrogens is 1. The summed E-state index contributed by atoms with van der Waals surface area (Å²) in [4.78, 5) is 7.02. The number of anilines is 2. The summed E-state index contributed by atoms with van der Waals surface area (Å²) < 4.78 is 0. The Bertz CT molecular complexity index is 503. The molecule has 1 aliphatic heterocycles. The normalized spacial score (nSPS) is 25.8. The average molecular weight is 285 g/mol. The molecule has 1 aromatic rings. The van der Waals surface area contributed by atoms with Gasteiger partial charge in [-0.05, 0) is 56.6 Å². The first kappa shape index (κ1) is 14.4. The molecule has 21 heavy (non-hydrogen) atoms. The van der Waals surface area contributed by atoms with Crippen LogP contribution in [-0.4, -0.2) is 24.6 Å². The zero-order valence-corrected chi connectivity index (χ0v) is 13.3. The molecule has 2 heterocycles. The van der Waals surface area contributed by atoms with E-state index in [0.29, 0.717) is 0 Å². The van der Waals surface area contributed by atoms with Crippen LogP contribution < -0.4 is 10.2 Å². The van der Waals surface area contributed by atoms with Crippen molar-refractivity contribution in [2.45, 2.75) is 39.5 Å². The molecule has 114 valence electrons. The van der Waals surface area contributed by atoms with Crippen LogP contribution >= 0.6 is 0 Å². The first-order chi connectivity index (χ1) is 10.2. The number of hydrogen-bond donors (Lipinski definition) is 1. The van der Waals surface area contributed by atoms with Crippen molar-refractivity contribution in [2.75, 3.05) is 29.9 Å². The smallest absolute Gasteiger partial charge is 0.151 e. The topological polar surface area (TPSA) is 28.2 Å². The molecule has 0 aromatic carbocycles. The monoisotopic (exact) mass is 285 g/mol. The fourth-order valence-electron chi connectivity index (χ4n) is 3.81. The van der Waals surface area contributed by atoms with Crippen molar-refractivity contribution in [1.29, 1.82) is 0 Å². The number of nitrogens with zero attached hydrogens (tertiary/aromatic N) is 2. The molecule has 3 heteroatoms. The van der Waals surface area contributed by atoms with Crippen LogP contribution in [0.2, 0.25) is 0 Å². The molecule has 0 saturated carbocycles. The Morgan fingerprint density at radius 2 is 2.14 bits per heavy atom. The first-order valence-electron chi connectivity index (χ1n) is 8.33. The molecule has 1 aliphatic carbocycles. The largest absolute Gasteiger partial charge is 0.382 e. The Morgan fingerprint density at radius 1 is 1.33 bits per heavy atom. The third-order valence-electron chi connectivity index (χ3n) is 4.66. The minimum Gasteiger partial charge on any atom is -0.382 e. The second-order valence-corrected chi connectivity index (χ2v) is 6.75. The van der Waals surface area contributed by atoms with E-state index in [0.717, 1.165) is 37.3 Å². The molecule has 2 aliphatic rings. The standard InChI is InChI=1S/C18H27N3/c1-14-10-15(2)12-16(11-14)13-20-17-6-5-7-19-18(17)21-8-3-4-9-21/h5-7,10,14,16,20H,3-4,8-9,11-13H2,1-2H3. The SMILES string of the molecule is CC1=CC(C)CC(CNc2cccnc2N2CCCC2)C1. The molecule has 0 amide bonds. The quantitative estimate of drug-likeness (QED) is 0.845. The molecule has 2 atom stereocenters. The molecule has 2 unspecified atom stereocenters. The van der Waals surface area contributed by atoms with Gasteiger partial charge in [-0.15, -0.1) is 0 Å². The van der Waals surface area contributed by atoms with Crippen molar-refractivity contribution in [3.63, 3.8) is 0 Å². The molecule has 1 saturated heterocycles. The van der Waals surface area contributed by atoms with E-state index in [9.17, 15) is 0 Å². The lowest BCUT2D eigenvalue weighted by Crippen LogP contribution is -2.23. The van der Waals surface area contributed by atoms with Gasteiger partial charge in [-0.1, -0.05) is 18.6 Å². The molecular formula is C18H27N3. The minimum atomic E-state index is 0.720. The van der Waals surface area contributed by atoms with Crippen LogP contribution in [0.5, 0.6) is 0 Å². The van der Waals surface area contributed by atoms with E-state index in [1.165, 1.54) is 31.4 Å². The van der Waals surface area contributed by atoms with Crippen molar-refractivity contribution < 1.29 is 0 Å². The van der Waals surface area contributed by atoms with Gasteiger partial charge in [-0.25, -0.2) is 4.98 Å². The summed E-state index contributed by atoms with van der Waals surface area (Å²) in [6.07, 6.45) is 9.45. The maximum absolute atomic E-state index is 4.61. The average Bonchev–Trinajstić information content (AvgIpc) is 2.98. The van der Waals surface area contributed by atoms with Crippen molar-refractivity contribution in [3.05, 3.63) is 30.0 Å². The van der Waals surface area contributed by atoms with Crippen LogP contribution in [0.1, 0.15) is 39.5 Å². The van der Waals surface area contributed by atoms with Gasteiger partial charge in [0.15, 0.2) is 5.82 Å². The van der Waals surface area contributed by atoms with Crippen LogP contribution in [0, 0.1) is 11.8 Å². The molecule has 0 spiro atoms. The molecular weight excluding hydrogens is 258 g/mol. The summed E-state index contributed by atoms with van der Waals surface area (Å²) in [5.41, 5.74) is 2.76. The van der Waals surface area contributed by atoms with Gasteiger partial charge in [-0.3, -0.25) is 0 Å².